The van der Waals surface area contributed by atoms with Crippen LogP contribution < -0.4 is 9.62 Å². The average Bonchev–Trinajstić information content (AvgIpc) is 2.60. The van der Waals surface area contributed by atoms with Gasteiger partial charge in [-0.2, -0.15) is 0 Å². The average molecular weight is 381 g/mol. The summed E-state index contributed by atoms with van der Waals surface area (Å²) in [6.07, 6.45) is 2.08. The normalized spacial score (nSPS) is 14.2. The number of halogens is 1. The number of hydrogen-bond donors (Lipinski definition) is 1. The molecule has 0 spiro atoms. The number of sulfonamides is 1. The summed E-state index contributed by atoms with van der Waals surface area (Å²) in [5, 5.41) is 0.203. The molecule has 1 N–H and O–H groups in total. The molecule has 0 unspecified atom stereocenters. The van der Waals surface area contributed by atoms with Gasteiger partial charge in [0.2, 0.25) is 0 Å². The van der Waals surface area contributed by atoms with Crippen LogP contribution in [0.3, 0.4) is 0 Å². The molecule has 5 nitrogen and oxygen atoms in total. The SMILES string of the molecule is COCCN1CCCc2ccc(NS(=O)(=O)c3ccccc3Cl)cc21. The molecule has 0 saturated heterocycles. The summed E-state index contributed by atoms with van der Waals surface area (Å²) in [4.78, 5) is 2.31. The minimum Gasteiger partial charge on any atom is -0.383 e. The number of ether oxygens (including phenoxy) is 1. The molecule has 25 heavy (non-hydrogen) atoms. The third-order valence-corrected chi connectivity index (χ3v) is 6.12. The molecule has 134 valence electrons. The third-order valence-electron chi connectivity index (χ3n) is 4.24. The van der Waals surface area contributed by atoms with Crippen molar-refractivity contribution >= 4 is 33.0 Å². The van der Waals surface area contributed by atoms with Gasteiger partial charge in [-0.25, -0.2) is 8.42 Å². The lowest BCUT2D eigenvalue weighted by Crippen LogP contribution is -2.32. The molecule has 0 radical (unpaired) electrons. The molecule has 2 aromatic carbocycles. The fraction of sp³-hybridized carbons (Fsp3) is 0.333. The van der Waals surface area contributed by atoms with Crippen LogP contribution >= 0.6 is 11.6 Å². The second kappa shape index (κ2) is 7.64. The molecule has 0 aliphatic carbocycles. The highest BCUT2D eigenvalue weighted by Crippen LogP contribution is 2.31. The molecule has 0 atom stereocenters. The zero-order valence-corrected chi connectivity index (χ0v) is 15.6. The predicted molar refractivity (Wildman–Crippen MR) is 101 cm³/mol. The number of benzene rings is 2. The maximum atomic E-state index is 12.6. The first-order valence-corrected chi connectivity index (χ1v) is 10.0. The fourth-order valence-corrected chi connectivity index (χ4v) is 4.59. The van der Waals surface area contributed by atoms with E-state index < -0.39 is 10.0 Å². The number of methoxy groups -OCH3 is 1. The number of rotatable bonds is 6. The zero-order chi connectivity index (χ0) is 17.9. The van der Waals surface area contributed by atoms with Crippen molar-refractivity contribution in [2.45, 2.75) is 17.7 Å². The van der Waals surface area contributed by atoms with Gasteiger partial charge in [-0.05, 0) is 42.7 Å². The highest BCUT2D eigenvalue weighted by Gasteiger charge is 2.20. The van der Waals surface area contributed by atoms with Crippen LogP contribution in [-0.2, 0) is 21.2 Å². The van der Waals surface area contributed by atoms with Gasteiger partial charge in [-0.3, -0.25) is 4.72 Å². The first-order valence-electron chi connectivity index (χ1n) is 8.15. The Kier molecular flexibility index (Phi) is 5.51. The van der Waals surface area contributed by atoms with Crippen LogP contribution in [0.2, 0.25) is 5.02 Å². The van der Waals surface area contributed by atoms with Gasteiger partial charge < -0.3 is 9.64 Å². The molecule has 7 heteroatoms. The fourth-order valence-electron chi connectivity index (χ4n) is 3.02. The quantitative estimate of drug-likeness (QED) is 0.832. The van der Waals surface area contributed by atoms with E-state index >= 15 is 0 Å². The van der Waals surface area contributed by atoms with Gasteiger partial charge in [-0.1, -0.05) is 29.8 Å². The first-order chi connectivity index (χ1) is 12.0. The minimum atomic E-state index is -3.73. The summed E-state index contributed by atoms with van der Waals surface area (Å²) in [6.45, 7) is 2.36. The molecule has 1 heterocycles. The Morgan fingerprint density at radius 1 is 1.24 bits per heavy atom. The molecule has 0 aromatic heterocycles. The second-order valence-corrected chi connectivity index (χ2v) is 8.02. The molecule has 3 rings (SSSR count). The van der Waals surface area contributed by atoms with Gasteiger partial charge in [0.15, 0.2) is 0 Å². The van der Waals surface area contributed by atoms with E-state index in [1.54, 1.807) is 31.4 Å². The lowest BCUT2D eigenvalue weighted by molar-refractivity contribution is 0.205. The number of nitrogens with zero attached hydrogens (tertiary/aromatic N) is 1. The summed E-state index contributed by atoms with van der Waals surface area (Å²) < 4.78 is 33.0. The Morgan fingerprint density at radius 2 is 2.04 bits per heavy atom. The topological polar surface area (TPSA) is 58.6 Å². The minimum absolute atomic E-state index is 0.0747. The molecular formula is C18H21ClN2O3S. The molecule has 0 bridgehead atoms. The molecule has 2 aromatic rings. The number of hydrogen-bond acceptors (Lipinski definition) is 4. The number of fused-ring (bicyclic) bond motifs is 1. The van der Waals surface area contributed by atoms with E-state index in [-0.39, 0.29) is 9.92 Å². The molecule has 0 amide bonds. The lowest BCUT2D eigenvalue weighted by Gasteiger charge is -2.31. The van der Waals surface area contributed by atoms with Gasteiger partial charge in [0.1, 0.15) is 4.90 Å². The number of aryl methyl sites for hydroxylation is 1. The van der Waals surface area contributed by atoms with Gasteiger partial charge in [-0.15, -0.1) is 0 Å². The molecule has 0 fully saturated rings. The Bertz CT molecular complexity index is 855. The van der Waals surface area contributed by atoms with Crippen molar-refractivity contribution in [1.82, 2.24) is 0 Å². The van der Waals surface area contributed by atoms with Crippen molar-refractivity contribution in [3.63, 3.8) is 0 Å². The first kappa shape index (κ1) is 18.0. The van der Waals surface area contributed by atoms with Crippen molar-refractivity contribution in [1.29, 1.82) is 0 Å². The van der Waals surface area contributed by atoms with E-state index in [2.05, 4.69) is 9.62 Å². The molecule has 1 aliphatic rings. The predicted octanol–water partition coefficient (Wildman–Crippen LogP) is 3.54. The van der Waals surface area contributed by atoms with Crippen molar-refractivity contribution in [3.05, 3.63) is 53.1 Å². The van der Waals surface area contributed by atoms with Crippen LogP contribution in [0.15, 0.2) is 47.4 Å². The highest BCUT2D eigenvalue weighted by molar-refractivity contribution is 7.92. The van der Waals surface area contributed by atoms with Gasteiger partial charge in [0, 0.05) is 25.9 Å². The van der Waals surface area contributed by atoms with Crippen LogP contribution in [0, 0.1) is 0 Å². The Balaban J connectivity index is 1.88. The van der Waals surface area contributed by atoms with E-state index in [1.165, 1.54) is 11.6 Å². The zero-order valence-electron chi connectivity index (χ0n) is 14.0. The number of nitrogens with one attached hydrogen (secondary N) is 1. The molecule has 0 saturated carbocycles. The lowest BCUT2D eigenvalue weighted by atomic mass is 10.0. The van der Waals surface area contributed by atoms with Crippen molar-refractivity contribution in [2.75, 3.05) is 36.4 Å². The van der Waals surface area contributed by atoms with Crippen molar-refractivity contribution in [3.8, 4) is 0 Å². The summed E-state index contributed by atoms with van der Waals surface area (Å²) in [7, 11) is -2.05. The van der Waals surface area contributed by atoms with Crippen LogP contribution in [-0.4, -0.2) is 35.2 Å². The van der Waals surface area contributed by atoms with E-state index in [1.807, 2.05) is 12.1 Å². The maximum absolute atomic E-state index is 12.6. The monoisotopic (exact) mass is 380 g/mol. The van der Waals surface area contributed by atoms with Gasteiger partial charge in [0.25, 0.3) is 10.0 Å². The smallest absolute Gasteiger partial charge is 0.263 e. The largest absolute Gasteiger partial charge is 0.383 e. The van der Waals surface area contributed by atoms with Crippen molar-refractivity contribution in [2.24, 2.45) is 0 Å². The van der Waals surface area contributed by atoms with Gasteiger partial charge in [0.05, 0.1) is 17.3 Å². The van der Waals surface area contributed by atoms with Crippen LogP contribution in [0.5, 0.6) is 0 Å². The standard InChI is InChI=1S/C18H21ClN2O3S/c1-24-12-11-21-10-4-5-14-8-9-15(13-17(14)21)20-25(22,23)18-7-3-2-6-16(18)19/h2-3,6-9,13,20H,4-5,10-12H2,1H3. The Labute approximate surface area is 153 Å². The van der Waals surface area contributed by atoms with E-state index in [0.29, 0.717) is 12.3 Å². The third kappa shape index (κ3) is 4.08. The Morgan fingerprint density at radius 3 is 2.80 bits per heavy atom. The van der Waals surface area contributed by atoms with Crippen LogP contribution in [0.1, 0.15) is 12.0 Å². The summed E-state index contributed by atoms with van der Waals surface area (Å²) >= 11 is 6.03. The Hall–Kier alpha value is -1.76. The molecular weight excluding hydrogens is 360 g/mol. The van der Waals surface area contributed by atoms with Crippen molar-refractivity contribution < 1.29 is 13.2 Å². The van der Waals surface area contributed by atoms with E-state index in [9.17, 15) is 8.42 Å². The van der Waals surface area contributed by atoms with E-state index in [0.717, 1.165) is 31.6 Å². The summed E-state index contributed by atoms with van der Waals surface area (Å²) in [6, 6.07) is 12.1. The number of anilines is 2. The highest BCUT2D eigenvalue weighted by atomic mass is 35.5. The van der Waals surface area contributed by atoms with Crippen LogP contribution in [0.25, 0.3) is 0 Å². The van der Waals surface area contributed by atoms with Gasteiger partial charge >= 0.3 is 0 Å². The molecule has 1 aliphatic heterocycles. The van der Waals surface area contributed by atoms with E-state index in [4.69, 9.17) is 16.3 Å². The summed E-state index contributed by atoms with van der Waals surface area (Å²) in [5.74, 6) is 0. The summed E-state index contributed by atoms with van der Waals surface area (Å²) in [5.41, 5.74) is 2.81. The van der Waals surface area contributed by atoms with Crippen LogP contribution in [0.4, 0.5) is 11.4 Å². The maximum Gasteiger partial charge on any atom is 0.263 e. The second-order valence-electron chi connectivity index (χ2n) is 5.96.